The van der Waals surface area contributed by atoms with Gasteiger partial charge in [-0.15, -0.1) is 0 Å². The fourth-order valence-corrected chi connectivity index (χ4v) is 3.66. The van der Waals surface area contributed by atoms with Gasteiger partial charge in [0.15, 0.2) is 0 Å². The van der Waals surface area contributed by atoms with Gasteiger partial charge in [-0.05, 0) is 12.1 Å². The second-order valence-electron chi connectivity index (χ2n) is 5.20. The molecule has 0 spiro atoms. The highest BCUT2D eigenvalue weighted by Gasteiger charge is 2.30. The lowest BCUT2D eigenvalue weighted by Gasteiger charge is -2.34. The molecule has 6 nitrogen and oxygen atoms in total. The molecular formula is C13H18ClN3O3S. The molecule has 1 aliphatic rings. The number of halogens is 1. The third-order valence-corrected chi connectivity index (χ3v) is 5.49. The molecule has 116 valence electrons. The Bertz CT molecular complexity index is 608. The van der Waals surface area contributed by atoms with E-state index in [9.17, 15) is 13.2 Å². The molecule has 0 bridgehead atoms. The number of rotatable bonds is 3. The predicted octanol–water partition coefficient (Wildman–Crippen LogP) is 1.22. The highest BCUT2D eigenvalue weighted by Crippen LogP contribution is 2.18. The van der Waals surface area contributed by atoms with Gasteiger partial charge in [0.05, 0.1) is 0 Å². The average molecular weight is 332 g/mol. The highest BCUT2D eigenvalue weighted by atomic mass is 35.5. The molecule has 0 saturated carbocycles. The molecular weight excluding hydrogens is 314 g/mol. The van der Waals surface area contributed by atoms with Crippen LogP contribution in [0.1, 0.15) is 13.8 Å². The van der Waals surface area contributed by atoms with Gasteiger partial charge >= 0.3 is 0 Å². The van der Waals surface area contributed by atoms with Crippen LogP contribution in [0.3, 0.4) is 0 Å². The second kappa shape index (κ2) is 6.29. The first-order valence-corrected chi connectivity index (χ1v) is 8.54. The fraction of sp³-hybridized carbons (Fsp3) is 0.538. The van der Waals surface area contributed by atoms with E-state index >= 15 is 0 Å². The van der Waals surface area contributed by atoms with Gasteiger partial charge in [-0.25, -0.2) is 13.4 Å². The zero-order valence-corrected chi connectivity index (χ0v) is 13.6. The lowest BCUT2D eigenvalue weighted by atomic mass is 10.2. The summed E-state index contributed by atoms with van der Waals surface area (Å²) >= 11 is 5.67. The molecule has 0 N–H and O–H groups in total. The lowest BCUT2D eigenvalue weighted by molar-refractivity contribution is -0.135. The van der Waals surface area contributed by atoms with Crippen LogP contribution in [0.25, 0.3) is 0 Å². The molecule has 2 rings (SSSR count). The van der Waals surface area contributed by atoms with Crippen LogP contribution >= 0.6 is 11.6 Å². The molecule has 1 saturated heterocycles. The number of hydrogen-bond acceptors (Lipinski definition) is 4. The largest absolute Gasteiger partial charge is 0.340 e. The van der Waals surface area contributed by atoms with Crippen LogP contribution in [0, 0.1) is 5.92 Å². The van der Waals surface area contributed by atoms with Crippen molar-refractivity contribution >= 4 is 27.5 Å². The molecule has 21 heavy (non-hydrogen) atoms. The maximum atomic E-state index is 12.4. The standard InChI is InChI=1S/C13H18ClN3O3S/c1-10(2)13(18)16-5-7-17(8-6-16)21(19,20)11-3-4-12(14)15-9-11/h3-4,9-10H,5-8H2,1-2H3. The number of pyridine rings is 1. The van der Waals surface area contributed by atoms with Gasteiger partial charge in [0.25, 0.3) is 0 Å². The number of carbonyl (C=O) groups is 1. The topological polar surface area (TPSA) is 70.6 Å². The summed E-state index contributed by atoms with van der Waals surface area (Å²) in [6.07, 6.45) is 1.25. The second-order valence-corrected chi connectivity index (χ2v) is 7.53. The van der Waals surface area contributed by atoms with E-state index in [2.05, 4.69) is 4.98 Å². The van der Waals surface area contributed by atoms with Crippen molar-refractivity contribution in [3.05, 3.63) is 23.5 Å². The number of amides is 1. The predicted molar refractivity (Wildman–Crippen MR) is 79.4 cm³/mol. The zero-order valence-electron chi connectivity index (χ0n) is 12.0. The van der Waals surface area contributed by atoms with Crippen molar-refractivity contribution in [2.24, 2.45) is 5.92 Å². The Morgan fingerprint density at radius 2 is 1.86 bits per heavy atom. The fourth-order valence-electron chi connectivity index (χ4n) is 2.18. The summed E-state index contributed by atoms with van der Waals surface area (Å²) in [5.74, 6) is -0.0196. The summed E-state index contributed by atoms with van der Waals surface area (Å²) in [4.78, 5) is 17.5. The van der Waals surface area contributed by atoms with Gasteiger partial charge < -0.3 is 4.90 Å². The molecule has 2 heterocycles. The molecule has 0 atom stereocenters. The molecule has 1 fully saturated rings. The van der Waals surface area contributed by atoms with E-state index in [1.165, 1.54) is 22.6 Å². The van der Waals surface area contributed by atoms with Gasteiger partial charge in [-0.2, -0.15) is 4.31 Å². The first-order chi connectivity index (χ1) is 9.82. The molecule has 0 aromatic carbocycles. The van der Waals surface area contributed by atoms with Crippen molar-refractivity contribution in [2.45, 2.75) is 18.7 Å². The smallest absolute Gasteiger partial charge is 0.244 e. The van der Waals surface area contributed by atoms with E-state index in [1.54, 1.807) is 4.90 Å². The van der Waals surface area contributed by atoms with Crippen LogP contribution in [0.2, 0.25) is 5.15 Å². The van der Waals surface area contributed by atoms with E-state index in [0.717, 1.165) is 0 Å². The van der Waals surface area contributed by atoms with Crippen molar-refractivity contribution in [3.63, 3.8) is 0 Å². The van der Waals surface area contributed by atoms with Crippen LogP contribution in [0.5, 0.6) is 0 Å². The Morgan fingerprint density at radius 1 is 1.24 bits per heavy atom. The Labute approximate surface area is 129 Å². The van der Waals surface area contributed by atoms with Crippen molar-refractivity contribution in [1.29, 1.82) is 0 Å². The minimum atomic E-state index is -3.57. The first-order valence-electron chi connectivity index (χ1n) is 6.73. The van der Waals surface area contributed by atoms with E-state index < -0.39 is 10.0 Å². The van der Waals surface area contributed by atoms with Gasteiger partial charge in [0.2, 0.25) is 15.9 Å². The number of sulfonamides is 1. The van der Waals surface area contributed by atoms with Crippen LogP contribution in [0.15, 0.2) is 23.2 Å². The molecule has 0 radical (unpaired) electrons. The molecule has 1 aromatic rings. The molecule has 1 aliphatic heterocycles. The lowest BCUT2D eigenvalue weighted by Crippen LogP contribution is -2.51. The van der Waals surface area contributed by atoms with Gasteiger partial charge in [0, 0.05) is 38.3 Å². The number of hydrogen-bond donors (Lipinski definition) is 0. The number of piperazine rings is 1. The molecule has 0 unspecified atom stereocenters. The summed E-state index contributed by atoms with van der Waals surface area (Å²) in [5, 5.41) is 0.251. The van der Waals surface area contributed by atoms with E-state index in [4.69, 9.17) is 11.6 Å². The van der Waals surface area contributed by atoms with Crippen LogP contribution in [-0.4, -0.2) is 54.7 Å². The van der Waals surface area contributed by atoms with Crippen LogP contribution < -0.4 is 0 Å². The molecule has 8 heteroatoms. The number of aromatic nitrogens is 1. The maximum absolute atomic E-state index is 12.4. The number of carbonyl (C=O) groups excluding carboxylic acids is 1. The summed E-state index contributed by atoms with van der Waals surface area (Å²) in [5.41, 5.74) is 0. The summed E-state index contributed by atoms with van der Waals surface area (Å²) in [6, 6.07) is 2.89. The Morgan fingerprint density at radius 3 is 2.33 bits per heavy atom. The SMILES string of the molecule is CC(C)C(=O)N1CCN(S(=O)(=O)c2ccc(Cl)nc2)CC1. The maximum Gasteiger partial charge on any atom is 0.244 e. The van der Waals surface area contributed by atoms with Crippen molar-refractivity contribution < 1.29 is 13.2 Å². The van der Waals surface area contributed by atoms with Gasteiger partial charge in [0.1, 0.15) is 10.0 Å². The number of nitrogens with zero attached hydrogens (tertiary/aromatic N) is 3. The van der Waals surface area contributed by atoms with Gasteiger partial charge in [-0.1, -0.05) is 25.4 Å². The van der Waals surface area contributed by atoms with Crippen molar-refractivity contribution in [2.75, 3.05) is 26.2 Å². The highest BCUT2D eigenvalue weighted by molar-refractivity contribution is 7.89. The zero-order chi connectivity index (χ0) is 15.6. The minimum absolute atomic E-state index is 0.0557. The first kappa shape index (κ1) is 16.2. The van der Waals surface area contributed by atoms with Gasteiger partial charge in [-0.3, -0.25) is 4.79 Å². The van der Waals surface area contributed by atoms with Crippen LogP contribution in [0.4, 0.5) is 0 Å². The third-order valence-electron chi connectivity index (χ3n) is 3.38. The van der Waals surface area contributed by atoms with E-state index in [1.807, 2.05) is 13.8 Å². The van der Waals surface area contributed by atoms with E-state index in [-0.39, 0.29) is 21.9 Å². The van der Waals surface area contributed by atoms with Crippen molar-refractivity contribution in [3.8, 4) is 0 Å². The Balaban J connectivity index is 2.07. The summed E-state index contributed by atoms with van der Waals surface area (Å²) in [6.45, 7) is 5.09. The molecule has 1 amide bonds. The Kier molecular flexibility index (Phi) is 4.85. The average Bonchev–Trinajstić information content (AvgIpc) is 2.47. The normalized spacial score (nSPS) is 17.2. The summed E-state index contributed by atoms with van der Waals surface area (Å²) < 4.78 is 26.3. The summed E-state index contributed by atoms with van der Waals surface area (Å²) in [7, 11) is -3.57. The quantitative estimate of drug-likeness (QED) is 0.781. The van der Waals surface area contributed by atoms with Crippen LogP contribution in [-0.2, 0) is 14.8 Å². The molecule has 0 aliphatic carbocycles. The third kappa shape index (κ3) is 3.53. The molecule has 1 aromatic heterocycles. The minimum Gasteiger partial charge on any atom is -0.340 e. The Hall–Kier alpha value is -1.18. The monoisotopic (exact) mass is 331 g/mol. The van der Waals surface area contributed by atoms with E-state index in [0.29, 0.717) is 26.2 Å². The van der Waals surface area contributed by atoms with Crippen molar-refractivity contribution in [1.82, 2.24) is 14.2 Å².